The molecule has 1 heterocycles. The number of thioether (sulfide) groups is 2. The monoisotopic (exact) mass is 452 g/mol. The van der Waals surface area contributed by atoms with Crippen LogP contribution in [0.15, 0.2) is 47.6 Å². The van der Waals surface area contributed by atoms with Gasteiger partial charge in [0.25, 0.3) is 5.91 Å². The van der Waals surface area contributed by atoms with Crippen molar-refractivity contribution < 1.29 is 24.2 Å². The number of nitrogens with zero attached hydrogens (tertiary/aromatic N) is 1. The summed E-state index contributed by atoms with van der Waals surface area (Å²) in [5.74, 6) is -0.257. The Balaban J connectivity index is 1.95. The van der Waals surface area contributed by atoms with Gasteiger partial charge in [0.05, 0.1) is 24.1 Å². The van der Waals surface area contributed by atoms with Crippen molar-refractivity contribution in [2.45, 2.75) is 42.6 Å². The number of halogens is 1. The molecule has 0 aliphatic rings. The van der Waals surface area contributed by atoms with Gasteiger partial charge in [-0.25, -0.2) is 4.39 Å². The van der Waals surface area contributed by atoms with Gasteiger partial charge >= 0.3 is 5.97 Å². The zero-order chi connectivity index (χ0) is 21.9. The summed E-state index contributed by atoms with van der Waals surface area (Å²) in [4.78, 5) is 28.7. The molecule has 1 amide bonds. The van der Waals surface area contributed by atoms with Crippen LogP contribution in [0.5, 0.6) is 0 Å². The molecule has 0 aliphatic heterocycles. The first kappa shape index (κ1) is 24.2. The lowest BCUT2D eigenvalue weighted by Crippen LogP contribution is -2.45. The molecular weight excluding hydrogens is 427 g/mol. The Bertz CT molecular complexity index is 836. The molecule has 0 aliphatic carbocycles. The highest BCUT2D eigenvalue weighted by molar-refractivity contribution is 7.99. The molecule has 30 heavy (non-hydrogen) atoms. The van der Waals surface area contributed by atoms with Crippen molar-refractivity contribution in [1.29, 1.82) is 0 Å². The lowest BCUT2D eigenvalue weighted by atomic mass is 10.1. The maximum absolute atomic E-state index is 13.0. The Morgan fingerprint density at radius 1 is 1.23 bits per heavy atom. The van der Waals surface area contributed by atoms with Crippen molar-refractivity contribution in [3.05, 3.63) is 59.7 Å². The normalized spacial score (nSPS) is 12.9. The lowest BCUT2D eigenvalue weighted by Gasteiger charge is -2.22. The van der Waals surface area contributed by atoms with E-state index < -0.39 is 30.4 Å². The molecule has 2 aromatic rings. The van der Waals surface area contributed by atoms with Gasteiger partial charge in [0.15, 0.2) is 0 Å². The molecule has 0 spiro atoms. The van der Waals surface area contributed by atoms with Crippen LogP contribution in [-0.2, 0) is 10.5 Å². The molecule has 1 aromatic heterocycles. The molecule has 1 unspecified atom stereocenters. The van der Waals surface area contributed by atoms with Crippen LogP contribution in [-0.4, -0.2) is 50.7 Å². The SMILES string of the molecule is CCCSc1cncc(C(=O)N[C@@H](CC(=O)O)C(O)CSCc2ccc(F)cc2)c1. The van der Waals surface area contributed by atoms with Gasteiger partial charge in [0.2, 0.25) is 0 Å². The lowest BCUT2D eigenvalue weighted by molar-refractivity contribution is -0.138. The van der Waals surface area contributed by atoms with Crippen LogP contribution < -0.4 is 5.32 Å². The fourth-order valence-electron chi connectivity index (χ4n) is 2.56. The average Bonchev–Trinajstić information content (AvgIpc) is 2.73. The molecule has 3 N–H and O–H groups in total. The fraction of sp³-hybridized carbons (Fsp3) is 0.381. The van der Waals surface area contributed by atoms with E-state index in [0.717, 1.165) is 22.6 Å². The zero-order valence-corrected chi connectivity index (χ0v) is 18.2. The summed E-state index contributed by atoms with van der Waals surface area (Å²) < 4.78 is 13.0. The summed E-state index contributed by atoms with van der Waals surface area (Å²) in [6, 6.07) is 6.80. The Morgan fingerprint density at radius 2 is 1.97 bits per heavy atom. The number of aromatic nitrogens is 1. The number of amides is 1. The molecule has 1 aromatic carbocycles. The third-order valence-electron chi connectivity index (χ3n) is 4.09. The first-order valence-corrected chi connectivity index (χ1v) is 11.6. The minimum absolute atomic E-state index is 0.222. The molecule has 0 saturated heterocycles. The van der Waals surface area contributed by atoms with Crippen molar-refractivity contribution in [3.8, 4) is 0 Å². The highest BCUT2D eigenvalue weighted by atomic mass is 32.2. The number of rotatable bonds is 12. The second-order valence-corrected chi connectivity index (χ2v) is 8.84. The summed E-state index contributed by atoms with van der Waals surface area (Å²) in [7, 11) is 0. The summed E-state index contributed by atoms with van der Waals surface area (Å²) in [6.07, 6.45) is 2.62. The fourth-order valence-corrected chi connectivity index (χ4v) is 4.36. The van der Waals surface area contributed by atoms with Crippen LogP contribution in [0.2, 0.25) is 0 Å². The van der Waals surface area contributed by atoms with E-state index in [4.69, 9.17) is 5.11 Å². The maximum Gasteiger partial charge on any atom is 0.305 e. The van der Waals surface area contributed by atoms with Gasteiger partial charge in [-0.1, -0.05) is 19.1 Å². The number of carboxylic acid groups (broad SMARTS) is 1. The smallest absolute Gasteiger partial charge is 0.305 e. The van der Waals surface area contributed by atoms with Crippen LogP contribution in [0.3, 0.4) is 0 Å². The van der Waals surface area contributed by atoms with E-state index in [1.54, 1.807) is 36.2 Å². The van der Waals surface area contributed by atoms with Gasteiger partial charge in [-0.05, 0) is 35.9 Å². The summed E-state index contributed by atoms with van der Waals surface area (Å²) in [5, 5.41) is 22.3. The molecule has 0 fully saturated rings. The number of nitrogens with one attached hydrogen (secondary N) is 1. The molecule has 6 nitrogen and oxygen atoms in total. The number of aliphatic hydroxyl groups is 1. The van der Waals surface area contributed by atoms with E-state index in [2.05, 4.69) is 17.2 Å². The van der Waals surface area contributed by atoms with Crippen LogP contribution in [0.25, 0.3) is 0 Å². The van der Waals surface area contributed by atoms with E-state index in [1.807, 2.05) is 0 Å². The predicted molar refractivity (Wildman–Crippen MR) is 117 cm³/mol. The van der Waals surface area contributed by atoms with Gasteiger partial charge in [-0.3, -0.25) is 14.6 Å². The Kier molecular flexibility index (Phi) is 10.1. The molecular formula is C21H25FN2O4S2. The highest BCUT2D eigenvalue weighted by Crippen LogP contribution is 2.19. The van der Waals surface area contributed by atoms with Gasteiger partial charge in [0.1, 0.15) is 5.82 Å². The first-order valence-electron chi connectivity index (χ1n) is 9.49. The quantitative estimate of drug-likeness (QED) is 0.423. The molecule has 0 bridgehead atoms. The molecule has 2 atom stereocenters. The number of carbonyl (C=O) groups is 2. The zero-order valence-electron chi connectivity index (χ0n) is 16.6. The average molecular weight is 453 g/mol. The largest absolute Gasteiger partial charge is 0.481 e. The van der Waals surface area contributed by atoms with Crippen LogP contribution >= 0.6 is 23.5 Å². The minimum atomic E-state index is -1.12. The second-order valence-electron chi connectivity index (χ2n) is 6.64. The number of hydrogen-bond acceptors (Lipinski definition) is 6. The van der Waals surface area contributed by atoms with Crippen molar-refractivity contribution in [2.24, 2.45) is 0 Å². The van der Waals surface area contributed by atoms with Gasteiger partial charge < -0.3 is 15.5 Å². The predicted octanol–water partition coefficient (Wildman–Crippen LogP) is 3.59. The number of hydrogen-bond donors (Lipinski definition) is 3. The number of aliphatic carboxylic acids is 1. The molecule has 0 radical (unpaired) electrons. The Morgan fingerprint density at radius 3 is 2.63 bits per heavy atom. The molecule has 2 rings (SSSR count). The van der Waals surface area contributed by atoms with Crippen LogP contribution in [0.4, 0.5) is 4.39 Å². The molecule has 9 heteroatoms. The molecule has 162 valence electrons. The van der Waals surface area contributed by atoms with Crippen molar-refractivity contribution >= 4 is 35.4 Å². The van der Waals surface area contributed by atoms with Crippen LogP contribution in [0, 0.1) is 5.82 Å². The number of carbonyl (C=O) groups excluding carboxylic acids is 1. The third-order valence-corrected chi connectivity index (χ3v) is 6.38. The highest BCUT2D eigenvalue weighted by Gasteiger charge is 2.25. The number of aliphatic hydroxyl groups excluding tert-OH is 1. The maximum atomic E-state index is 13.0. The second kappa shape index (κ2) is 12.6. The van der Waals surface area contributed by atoms with Crippen LogP contribution in [0.1, 0.15) is 35.7 Å². The van der Waals surface area contributed by atoms with Crippen molar-refractivity contribution in [3.63, 3.8) is 0 Å². The summed E-state index contributed by atoms with van der Waals surface area (Å²) in [6.45, 7) is 2.06. The summed E-state index contributed by atoms with van der Waals surface area (Å²) in [5.41, 5.74) is 1.21. The topological polar surface area (TPSA) is 99.5 Å². The minimum Gasteiger partial charge on any atom is -0.481 e. The van der Waals surface area contributed by atoms with E-state index >= 15 is 0 Å². The third kappa shape index (κ3) is 8.33. The number of benzene rings is 1. The standard InChI is InChI=1S/C21H25FN2O4S2/c1-2-7-30-17-8-15(10-23-11-17)21(28)24-18(9-20(26)27)19(25)13-29-12-14-3-5-16(22)6-4-14/h3-6,8,10-11,18-19,25H,2,7,9,12-13H2,1H3,(H,24,28)(H,26,27)/t18-,19?/m0/s1. The number of carboxylic acids is 1. The molecule has 0 saturated carbocycles. The van der Waals surface area contributed by atoms with E-state index in [9.17, 15) is 19.1 Å². The Labute approximate surface area is 183 Å². The Hall–Kier alpha value is -2.10. The van der Waals surface area contributed by atoms with Crippen molar-refractivity contribution in [2.75, 3.05) is 11.5 Å². The first-order chi connectivity index (χ1) is 14.4. The number of pyridine rings is 1. The van der Waals surface area contributed by atoms with E-state index in [-0.39, 0.29) is 11.6 Å². The van der Waals surface area contributed by atoms with E-state index in [0.29, 0.717) is 11.3 Å². The van der Waals surface area contributed by atoms with Gasteiger partial charge in [-0.2, -0.15) is 11.8 Å². The summed E-state index contributed by atoms with van der Waals surface area (Å²) >= 11 is 2.96. The van der Waals surface area contributed by atoms with Gasteiger partial charge in [-0.15, -0.1) is 11.8 Å². The van der Waals surface area contributed by atoms with Crippen molar-refractivity contribution in [1.82, 2.24) is 10.3 Å². The van der Waals surface area contributed by atoms with Gasteiger partial charge in [0, 0.05) is 28.8 Å². The van der Waals surface area contributed by atoms with E-state index in [1.165, 1.54) is 30.1 Å².